The maximum absolute atomic E-state index is 12.2. The van der Waals surface area contributed by atoms with E-state index in [4.69, 9.17) is 0 Å². The Morgan fingerprint density at radius 1 is 1.04 bits per heavy atom. The summed E-state index contributed by atoms with van der Waals surface area (Å²) in [6, 6.07) is 13.5. The minimum absolute atomic E-state index is 0.119. The van der Waals surface area contributed by atoms with Gasteiger partial charge in [-0.1, -0.05) is 32.0 Å². The first-order valence-electron chi connectivity index (χ1n) is 9.52. The quantitative estimate of drug-likeness (QED) is 0.701. The lowest BCUT2D eigenvalue weighted by Crippen LogP contribution is -2.31. The number of amides is 1. The number of nitrogens with zero attached hydrogens (tertiary/aromatic N) is 1. The molecule has 6 heteroatoms. The van der Waals surface area contributed by atoms with E-state index in [1.54, 1.807) is 0 Å². The first-order chi connectivity index (χ1) is 13.1. The lowest BCUT2D eigenvalue weighted by molar-refractivity contribution is -0.116. The Kier molecular flexibility index (Phi) is 7.24. The van der Waals surface area contributed by atoms with E-state index in [1.165, 1.54) is 16.1 Å². The predicted octanol–water partition coefficient (Wildman–Crippen LogP) is 4.61. The molecule has 0 fully saturated rings. The second kappa shape index (κ2) is 9.24. The van der Waals surface area contributed by atoms with Gasteiger partial charge in [0.15, 0.2) is 0 Å². The monoisotopic (exact) mass is 402 g/mol. The highest BCUT2D eigenvalue weighted by molar-refractivity contribution is 7.92. The van der Waals surface area contributed by atoms with Gasteiger partial charge in [0.25, 0.3) is 0 Å². The lowest BCUT2D eigenvalue weighted by atomic mass is 10.0. The SMILES string of the molecule is Cc1cc(C)cc(N(CCCC(=O)Nc2ccc(C(C)C)cc2)S(C)(=O)=O)c1. The number of sulfonamides is 1. The molecule has 0 bridgehead atoms. The topological polar surface area (TPSA) is 66.5 Å². The number of hydrogen-bond donors (Lipinski definition) is 1. The normalized spacial score (nSPS) is 11.5. The first-order valence-corrected chi connectivity index (χ1v) is 11.4. The van der Waals surface area contributed by atoms with E-state index in [-0.39, 0.29) is 18.9 Å². The largest absolute Gasteiger partial charge is 0.326 e. The van der Waals surface area contributed by atoms with Crippen LogP contribution in [0.5, 0.6) is 0 Å². The Balaban J connectivity index is 1.97. The van der Waals surface area contributed by atoms with Gasteiger partial charge in [0.05, 0.1) is 11.9 Å². The van der Waals surface area contributed by atoms with Crippen molar-refractivity contribution in [1.29, 1.82) is 0 Å². The Morgan fingerprint density at radius 3 is 2.11 bits per heavy atom. The van der Waals surface area contributed by atoms with Crippen LogP contribution in [0.1, 0.15) is 49.3 Å². The summed E-state index contributed by atoms with van der Waals surface area (Å²) in [5.74, 6) is 0.322. The number of benzene rings is 2. The van der Waals surface area contributed by atoms with Gasteiger partial charge in [-0.2, -0.15) is 0 Å². The van der Waals surface area contributed by atoms with E-state index >= 15 is 0 Å². The van der Waals surface area contributed by atoms with Gasteiger partial charge in [-0.05, 0) is 67.1 Å². The number of nitrogens with one attached hydrogen (secondary N) is 1. The molecule has 0 aromatic heterocycles. The van der Waals surface area contributed by atoms with Crippen molar-refractivity contribution in [3.63, 3.8) is 0 Å². The molecular weight excluding hydrogens is 372 g/mol. The summed E-state index contributed by atoms with van der Waals surface area (Å²) in [6.07, 6.45) is 1.89. The van der Waals surface area contributed by atoms with Crippen molar-refractivity contribution in [1.82, 2.24) is 0 Å². The van der Waals surface area contributed by atoms with E-state index in [0.29, 0.717) is 18.0 Å². The zero-order valence-corrected chi connectivity index (χ0v) is 18.1. The number of carbonyl (C=O) groups is 1. The van der Waals surface area contributed by atoms with Crippen LogP contribution in [0.4, 0.5) is 11.4 Å². The molecule has 2 aromatic carbocycles. The van der Waals surface area contributed by atoms with Crippen LogP contribution in [0.3, 0.4) is 0 Å². The Labute approximate surface area is 168 Å². The van der Waals surface area contributed by atoms with Crippen molar-refractivity contribution < 1.29 is 13.2 Å². The van der Waals surface area contributed by atoms with E-state index < -0.39 is 10.0 Å². The highest BCUT2D eigenvalue weighted by Crippen LogP contribution is 2.22. The Hall–Kier alpha value is -2.34. The standard InChI is InChI=1S/C22H30N2O3S/c1-16(2)19-8-10-20(11-9-19)23-22(25)7-6-12-24(28(5,26)27)21-14-17(3)13-18(4)15-21/h8-11,13-16H,6-7,12H2,1-5H3,(H,23,25). The van der Waals surface area contributed by atoms with E-state index in [2.05, 4.69) is 19.2 Å². The molecule has 0 heterocycles. The molecule has 0 saturated carbocycles. The van der Waals surface area contributed by atoms with Crippen LogP contribution in [-0.2, 0) is 14.8 Å². The van der Waals surface area contributed by atoms with Crippen LogP contribution in [0.15, 0.2) is 42.5 Å². The number of carbonyl (C=O) groups excluding carboxylic acids is 1. The zero-order chi connectivity index (χ0) is 20.9. The van der Waals surface area contributed by atoms with Crippen LogP contribution >= 0.6 is 0 Å². The first kappa shape index (κ1) is 22.0. The van der Waals surface area contributed by atoms with E-state index in [1.807, 2.05) is 56.3 Å². The fourth-order valence-electron chi connectivity index (χ4n) is 3.14. The van der Waals surface area contributed by atoms with Crippen LogP contribution in [-0.4, -0.2) is 27.1 Å². The minimum atomic E-state index is -3.42. The molecule has 28 heavy (non-hydrogen) atoms. The van der Waals surface area contributed by atoms with Crippen LogP contribution in [0.25, 0.3) is 0 Å². The Morgan fingerprint density at radius 2 is 1.61 bits per heavy atom. The van der Waals surface area contributed by atoms with Crippen LogP contribution in [0.2, 0.25) is 0 Å². The third kappa shape index (κ3) is 6.37. The highest BCUT2D eigenvalue weighted by Gasteiger charge is 2.18. The molecule has 0 aliphatic heterocycles. The summed E-state index contributed by atoms with van der Waals surface area (Å²) in [7, 11) is -3.42. The van der Waals surface area contributed by atoms with E-state index in [9.17, 15) is 13.2 Å². The van der Waals surface area contributed by atoms with Gasteiger partial charge in [-0.3, -0.25) is 9.10 Å². The van der Waals surface area contributed by atoms with Gasteiger partial charge in [0, 0.05) is 18.7 Å². The summed E-state index contributed by atoms with van der Waals surface area (Å²) in [4.78, 5) is 12.2. The lowest BCUT2D eigenvalue weighted by Gasteiger charge is -2.23. The second-order valence-corrected chi connectivity index (χ2v) is 9.52. The van der Waals surface area contributed by atoms with Crippen LogP contribution < -0.4 is 9.62 Å². The van der Waals surface area contributed by atoms with Crippen molar-refractivity contribution in [2.24, 2.45) is 0 Å². The van der Waals surface area contributed by atoms with Crippen molar-refractivity contribution >= 4 is 27.3 Å². The summed E-state index contributed by atoms with van der Waals surface area (Å²) in [6.45, 7) is 8.39. The summed E-state index contributed by atoms with van der Waals surface area (Å²) in [5.41, 5.74) is 4.63. The van der Waals surface area contributed by atoms with Gasteiger partial charge >= 0.3 is 0 Å². The molecule has 2 aromatic rings. The number of rotatable bonds is 8. The maximum Gasteiger partial charge on any atom is 0.232 e. The van der Waals surface area contributed by atoms with Crippen molar-refractivity contribution in [2.45, 2.75) is 46.5 Å². The maximum atomic E-state index is 12.2. The third-order valence-electron chi connectivity index (χ3n) is 4.52. The van der Waals surface area contributed by atoms with Crippen LogP contribution in [0, 0.1) is 13.8 Å². The van der Waals surface area contributed by atoms with Gasteiger partial charge in [-0.15, -0.1) is 0 Å². The third-order valence-corrected chi connectivity index (χ3v) is 5.71. The molecule has 0 unspecified atom stereocenters. The van der Waals surface area contributed by atoms with Gasteiger partial charge < -0.3 is 5.32 Å². The van der Waals surface area contributed by atoms with Crippen molar-refractivity contribution in [3.8, 4) is 0 Å². The van der Waals surface area contributed by atoms with E-state index in [0.717, 1.165) is 16.8 Å². The summed E-state index contributed by atoms with van der Waals surface area (Å²) < 4.78 is 25.8. The van der Waals surface area contributed by atoms with Crippen molar-refractivity contribution in [2.75, 3.05) is 22.4 Å². The molecule has 0 radical (unpaired) electrons. The summed E-state index contributed by atoms with van der Waals surface area (Å²) >= 11 is 0. The molecular formula is C22H30N2O3S. The fourth-order valence-corrected chi connectivity index (χ4v) is 4.09. The molecule has 1 N–H and O–H groups in total. The summed E-state index contributed by atoms with van der Waals surface area (Å²) in [5, 5.41) is 2.87. The predicted molar refractivity (Wildman–Crippen MR) is 117 cm³/mol. The minimum Gasteiger partial charge on any atom is -0.326 e. The molecule has 5 nitrogen and oxygen atoms in total. The molecule has 0 aliphatic rings. The molecule has 0 spiro atoms. The number of anilines is 2. The smallest absolute Gasteiger partial charge is 0.232 e. The fraction of sp³-hybridized carbons (Fsp3) is 0.409. The number of aryl methyl sites for hydroxylation is 2. The van der Waals surface area contributed by atoms with Gasteiger partial charge in [0.1, 0.15) is 0 Å². The van der Waals surface area contributed by atoms with Gasteiger partial charge in [-0.25, -0.2) is 8.42 Å². The molecule has 0 aliphatic carbocycles. The average Bonchev–Trinajstić information content (AvgIpc) is 2.57. The van der Waals surface area contributed by atoms with Crippen molar-refractivity contribution in [3.05, 3.63) is 59.2 Å². The highest BCUT2D eigenvalue weighted by atomic mass is 32.2. The molecule has 2 rings (SSSR count). The van der Waals surface area contributed by atoms with Gasteiger partial charge in [0.2, 0.25) is 15.9 Å². The molecule has 152 valence electrons. The number of hydrogen-bond acceptors (Lipinski definition) is 3. The second-order valence-electron chi connectivity index (χ2n) is 7.61. The average molecular weight is 403 g/mol. The molecule has 0 atom stereocenters. The molecule has 1 amide bonds. The molecule has 0 saturated heterocycles. The zero-order valence-electron chi connectivity index (χ0n) is 17.3. The Bertz CT molecular complexity index is 899.